The Balaban J connectivity index is 2.03. The van der Waals surface area contributed by atoms with Gasteiger partial charge in [-0.3, -0.25) is 4.79 Å². The average molecular weight is 284 g/mol. The summed E-state index contributed by atoms with van der Waals surface area (Å²) in [6, 6.07) is 10.2. The molecule has 1 heterocycles. The fourth-order valence-corrected chi connectivity index (χ4v) is 1.91. The Morgan fingerprint density at radius 1 is 1.19 bits per heavy atom. The van der Waals surface area contributed by atoms with Crippen LogP contribution in [-0.4, -0.2) is 29.0 Å². The average Bonchev–Trinajstić information content (AvgIpc) is 2.47. The predicted molar refractivity (Wildman–Crippen MR) is 83.2 cm³/mol. The Kier molecular flexibility index (Phi) is 4.87. The molecule has 0 unspecified atom stereocenters. The maximum Gasteiger partial charge on any atom is 0.271 e. The van der Waals surface area contributed by atoms with E-state index in [-0.39, 0.29) is 11.9 Å². The van der Waals surface area contributed by atoms with Crippen LogP contribution in [0.5, 0.6) is 0 Å². The molecule has 5 nitrogen and oxygen atoms in total. The minimum atomic E-state index is -0.199. The smallest absolute Gasteiger partial charge is 0.271 e. The van der Waals surface area contributed by atoms with Crippen LogP contribution in [-0.2, 0) is 6.54 Å². The second-order valence-corrected chi connectivity index (χ2v) is 5.23. The van der Waals surface area contributed by atoms with E-state index in [4.69, 9.17) is 0 Å². The first kappa shape index (κ1) is 15.0. The van der Waals surface area contributed by atoms with Gasteiger partial charge in [0.15, 0.2) is 0 Å². The number of hydrogen-bond acceptors (Lipinski definition) is 4. The number of nitrogens with one attached hydrogen (secondary N) is 1. The summed E-state index contributed by atoms with van der Waals surface area (Å²) in [6.07, 6.45) is 3.13. The van der Waals surface area contributed by atoms with Crippen LogP contribution < -0.4 is 10.2 Å². The van der Waals surface area contributed by atoms with Crippen molar-refractivity contribution in [3.05, 3.63) is 54.0 Å². The number of hydrogen-bond donors (Lipinski definition) is 1. The molecule has 0 fully saturated rings. The number of aromatic nitrogens is 2. The Morgan fingerprint density at radius 3 is 2.48 bits per heavy atom. The highest BCUT2D eigenvalue weighted by Gasteiger charge is 2.10. The van der Waals surface area contributed by atoms with E-state index in [1.807, 2.05) is 44.0 Å². The summed E-state index contributed by atoms with van der Waals surface area (Å²) in [5.41, 5.74) is 1.53. The minimum Gasteiger partial charge on any atom is -0.354 e. The first-order chi connectivity index (χ1) is 10.1. The van der Waals surface area contributed by atoms with E-state index < -0.39 is 0 Å². The molecular formula is C16H20N4O. The van der Waals surface area contributed by atoms with Gasteiger partial charge in [0.1, 0.15) is 11.5 Å². The van der Waals surface area contributed by atoms with E-state index >= 15 is 0 Å². The summed E-state index contributed by atoms with van der Waals surface area (Å²) in [7, 11) is 1.95. The highest BCUT2D eigenvalue weighted by molar-refractivity contribution is 5.92. The van der Waals surface area contributed by atoms with Gasteiger partial charge < -0.3 is 10.2 Å². The van der Waals surface area contributed by atoms with Crippen molar-refractivity contribution in [2.24, 2.45) is 0 Å². The molecular weight excluding hydrogens is 264 g/mol. The molecule has 21 heavy (non-hydrogen) atoms. The minimum absolute atomic E-state index is 0.0831. The summed E-state index contributed by atoms with van der Waals surface area (Å²) < 4.78 is 0. The Morgan fingerprint density at radius 2 is 1.90 bits per heavy atom. The van der Waals surface area contributed by atoms with Gasteiger partial charge in [-0.05, 0) is 19.4 Å². The number of nitrogens with zero attached hydrogens (tertiary/aromatic N) is 3. The molecule has 0 radical (unpaired) electrons. The lowest BCUT2D eigenvalue weighted by Crippen LogP contribution is -2.31. The normalized spacial score (nSPS) is 10.5. The summed E-state index contributed by atoms with van der Waals surface area (Å²) in [5.74, 6) is 0.537. The van der Waals surface area contributed by atoms with Crippen molar-refractivity contribution in [3.8, 4) is 0 Å². The quantitative estimate of drug-likeness (QED) is 0.915. The molecule has 0 saturated heterocycles. The third kappa shape index (κ3) is 4.27. The van der Waals surface area contributed by atoms with Crippen LogP contribution in [0.15, 0.2) is 42.7 Å². The van der Waals surface area contributed by atoms with Crippen LogP contribution in [0.2, 0.25) is 0 Å². The van der Waals surface area contributed by atoms with E-state index in [1.165, 1.54) is 11.8 Å². The van der Waals surface area contributed by atoms with E-state index in [9.17, 15) is 4.79 Å². The van der Waals surface area contributed by atoms with Crippen molar-refractivity contribution >= 4 is 11.7 Å². The molecule has 2 rings (SSSR count). The fraction of sp³-hybridized carbons (Fsp3) is 0.312. The highest BCUT2D eigenvalue weighted by atomic mass is 16.1. The maximum atomic E-state index is 11.8. The molecule has 0 spiro atoms. The molecule has 110 valence electrons. The molecule has 1 amide bonds. The zero-order valence-electron chi connectivity index (χ0n) is 12.6. The largest absolute Gasteiger partial charge is 0.354 e. The molecule has 0 atom stereocenters. The van der Waals surface area contributed by atoms with Gasteiger partial charge in [0.25, 0.3) is 5.91 Å². The van der Waals surface area contributed by atoms with Crippen molar-refractivity contribution in [1.29, 1.82) is 0 Å². The Bertz CT molecular complexity index is 581. The summed E-state index contributed by atoms with van der Waals surface area (Å²) >= 11 is 0. The van der Waals surface area contributed by atoms with Gasteiger partial charge in [-0.1, -0.05) is 30.3 Å². The maximum absolute atomic E-state index is 11.8. The van der Waals surface area contributed by atoms with Gasteiger partial charge in [0, 0.05) is 19.6 Å². The van der Waals surface area contributed by atoms with Crippen molar-refractivity contribution in [3.63, 3.8) is 0 Å². The molecule has 0 aliphatic rings. The van der Waals surface area contributed by atoms with Gasteiger partial charge in [-0.2, -0.15) is 0 Å². The van der Waals surface area contributed by atoms with Gasteiger partial charge in [-0.15, -0.1) is 0 Å². The molecule has 1 N–H and O–H groups in total. The molecule has 1 aromatic carbocycles. The van der Waals surface area contributed by atoms with E-state index in [0.717, 1.165) is 12.4 Å². The van der Waals surface area contributed by atoms with Crippen LogP contribution in [0.4, 0.5) is 5.82 Å². The van der Waals surface area contributed by atoms with Crippen LogP contribution >= 0.6 is 0 Å². The van der Waals surface area contributed by atoms with Gasteiger partial charge in [0.2, 0.25) is 0 Å². The third-order valence-electron chi connectivity index (χ3n) is 2.94. The number of amides is 1. The van der Waals surface area contributed by atoms with Crippen molar-refractivity contribution in [2.45, 2.75) is 26.4 Å². The first-order valence-corrected chi connectivity index (χ1v) is 6.94. The van der Waals surface area contributed by atoms with Crippen molar-refractivity contribution < 1.29 is 4.79 Å². The lowest BCUT2D eigenvalue weighted by molar-refractivity contribution is 0.0937. The molecule has 0 aliphatic carbocycles. The van der Waals surface area contributed by atoms with Gasteiger partial charge >= 0.3 is 0 Å². The number of carbonyl (C=O) groups excluding carboxylic acids is 1. The predicted octanol–water partition coefficient (Wildman–Crippen LogP) is 2.25. The van der Waals surface area contributed by atoms with Crippen LogP contribution in [0.3, 0.4) is 0 Å². The fourth-order valence-electron chi connectivity index (χ4n) is 1.91. The van der Waals surface area contributed by atoms with E-state index in [1.54, 1.807) is 6.20 Å². The SMILES string of the molecule is CC(C)NC(=O)c1cnc(N(C)Cc2ccccc2)cn1. The molecule has 5 heteroatoms. The first-order valence-electron chi connectivity index (χ1n) is 6.94. The van der Waals surface area contributed by atoms with Crippen LogP contribution in [0.1, 0.15) is 29.9 Å². The van der Waals surface area contributed by atoms with Crippen molar-refractivity contribution in [1.82, 2.24) is 15.3 Å². The number of rotatable bonds is 5. The number of benzene rings is 1. The molecule has 0 saturated carbocycles. The molecule has 0 aliphatic heterocycles. The number of anilines is 1. The van der Waals surface area contributed by atoms with E-state index in [0.29, 0.717) is 5.69 Å². The summed E-state index contributed by atoms with van der Waals surface area (Å²) in [6.45, 7) is 4.56. The van der Waals surface area contributed by atoms with Gasteiger partial charge in [-0.25, -0.2) is 9.97 Å². The third-order valence-corrected chi connectivity index (χ3v) is 2.94. The summed E-state index contributed by atoms with van der Waals surface area (Å²) in [5, 5.41) is 2.79. The highest BCUT2D eigenvalue weighted by Crippen LogP contribution is 2.11. The van der Waals surface area contributed by atoms with Crippen LogP contribution in [0, 0.1) is 0 Å². The molecule has 0 bridgehead atoms. The number of carbonyl (C=O) groups is 1. The Labute approximate surface area is 125 Å². The zero-order valence-corrected chi connectivity index (χ0v) is 12.6. The van der Waals surface area contributed by atoms with Gasteiger partial charge in [0.05, 0.1) is 12.4 Å². The monoisotopic (exact) mass is 284 g/mol. The van der Waals surface area contributed by atoms with E-state index in [2.05, 4.69) is 27.4 Å². The lowest BCUT2D eigenvalue weighted by atomic mass is 10.2. The Hall–Kier alpha value is -2.43. The molecule has 2 aromatic rings. The summed E-state index contributed by atoms with van der Waals surface area (Å²) in [4.78, 5) is 22.3. The second kappa shape index (κ2) is 6.83. The lowest BCUT2D eigenvalue weighted by Gasteiger charge is -2.18. The van der Waals surface area contributed by atoms with Crippen LogP contribution in [0.25, 0.3) is 0 Å². The molecule has 1 aromatic heterocycles. The van der Waals surface area contributed by atoms with Crippen molar-refractivity contribution in [2.75, 3.05) is 11.9 Å². The second-order valence-electron chi connectivity index (χ2n) is 5.23. The zero-order chi connectivity index (χ0) is 15.2. The topological polar surface area (TPSA) is 58.1 Å². The standard InChI is InChI=1S/C16H20N4O/c1-12(2)19-16(21)14-9-18-15(10-17-14)20(3)11-13-7-5-4-6-8-13/h4-10,12H,11H2,1-3H3,(H,19,21).